The van der Waals surface area contributed by atoms with E-state index in [-0.39, 0.29) is 0 Å². The van der Waals surface area contributed by atoms with Crippen LogP contribution in [0.4, 0.5) is 0 Å². The van der Waals surface area contributed by atoms with E-state index in [1.54, 1.807) is 24.3 Å². The third kappa shape index (κ3) is 6.51. The van der Waals surface area contributed by atoms with Crippen LogP contribution in [-0.4, -0.2) is 22.5 Å². The van der Waals surface area contributed by atoms with Crippen molar-refractivity contribution in [3.8, 4) is 22.6 Å². The summed E-state index contributed by atoms with van der Waals surface area (Å²) >= 11 is 0. The summed E-state index contributed by atoms with van der Waals surface area (Å²) in [5.41, 5.74) is 4.97. The number of rotatable bonds is 9. The summed E-state index contributed by atoms with van der Waals surface area (Å²) < 4.78 is 11.3. The Hall–Kier alpha value is -3.99. The number of esters is 1. The van der Waals surface area contributed by atoms with Gasteiger partial charge in [0.25, 0.3) is 0 Å². The van der Waals surface area contributed by atoms with E-state index >= 15 is 0 Å². The maximum Gasteiger partial charge on any atom is 0.343 e. The number of ether oxygens (including phenoxy) is 2. The van der Waals surface area contributed by atoms with Gasteiger partial charge in [-0.2, -0.15) is 0 Å². The van der Waals surface area contributed by atoms with Crippen molar-refractivity contribution in [3.63, 3.8) is 0 Å². The summed E-state index contributed by atoms with van der Waals surface area (Å²) in [6, 6.07) is 22.9. The minimum absolute atomic E-state index is 0.396. The van der Waals surface area contributed by atoms with Crippen LogP contribution in [0.2, 0.25) is 0 Å². The van der Waals surface area contributed by atoms with Crippen molar-refractivity contribution < 1.29 is 14.3 Å². The third-order valence-corrected chi connectivity index (χ3v) is 5.44. The SMILES string of the molecule is Cc1ccc(-c2ccc(OC(=O)c3ccc(OCCCCc4ncc(C)cn4)cc3)cc2)cc1. The topological polar surface area (TPSA) is 61.3 Å². The largest absolute Gasteiger partial charge is 0.494 e. The molecule has 1 aromatic heterocycles. The first-order chi connectivity index (χ1) is 16.6. The molecule has 0 amide bonds. The Labute approximate surface area is 200 Å². The molecule has 1 heterocycles. The molecule has 5 heteroatoms. The zero-order valence-corrected chi connectivity index (χ0v) is 19.5. The number of nitrogens with zero attached hydrogens (tertiary/aromatic N) is 2. The third-order valence-electron chi connectivity index (χ3n) is 5.44. The van der Waals surface area contributed by atoms with E-state index in [2.05, 4.69) is 41.2 Å². The molecule has 34 heavy (non-hydrogen) atoms. The molecule has 0 bridgehead atoms. The van der Waals surface area contributed by atoms with E-state index in [0.29, 0.717) is 17.9 Å². The van der Waals surface area contributed by atoms with Gasteiger partial charge in [0.05, 0.1) is 12.2 Å². The van der Waals surface area contributed by atoms with E-state index in [4.69, 9.17) is 9.47 Å². The predicted molar refractivity (Wildman–Crippen MR) is 133 cm³/mol. The number of hydrogen-bond acceptors (Lipinski definition) is 5. The first-order valence-electron chi connectivity index (χ1n) is 11.5. The summed E-state index contributed by atoms with van der Waals surface area (Å²) in [6.45, 7) is 4.64. The maximum atomic E-state index is 12.5. The molecule has 0 spiro atoms. The molecule has 3 aromatic carbocycles. The van der Waals surface area contributed by atoms with Crippen molar-refractivity contribution in [2.45, 2.75) is 33.1 Å². The van der Waals surface area contributed by atoms with Crippen molar-refractivity contribution in [2.75, 3.05) is 6.61 Å². The Morgan fingerprint density at radius 3 is 1.94 bits per heavy atom. The van der Waals surface area contributed by atoms with Gasteiger partial charge in [0.2, 0.25) is 0 Å². The quantitative estimate of drug-likeness (QED) is 0.167. The minimum Gasteiger partial charge on any atom is -0.494 e. The van der Waals surface area contributed by atoms with Gasteiger partial charge in [-0.05, 0) is 79.8 Å². The zero-order chi connectivity index (χ0) is 23.8. The highest BCUT2D eigenvalue weighted by Crippen LogP contribution is 2.23. The number of carbonyl (C=O) groups excluding carboxylic acids is 1. The van der Waals surface area contributed by atoms with Crippen LogP contribution in [0, 0.1) is 13.8 Å². The minimum atomic E-state index is -0.396. The smallest absolute Gasteiger partial charge is 0.343 e. The molecule has 0 radical (unpaired) electrons. The van der Waals surface area contributed by atoms with Crippen LogP contribution in [0.15, 0.2) is 85.2 Å². The maximum absolute atomic E-state index is 12.5. The molecule has 4 aromatic rings. The highest BCUT2D eigenvalue weighted by Gasteiger charge is 2.09. The zero-order valence-electron chi connectivity index (χ0n) is 19.5. The van der Waals surface area contributed by atoms with E-state index < -0.39 is 5.97 Å². The number of hydrogen-bond donors (Lipinski definition) is 0. The van der Waals surface area contributed by atoms with Crippen LogP contribution >= 0.6 is 0 Å². The van der Waals surface area contributed by atoms with E-state index in [9.17, 15) is 4.79 Å². The summed E-state index contributed by atoms with van der Waals surface area (Å²) in [6.07, 6.45) is 6.37. The van der Waals surface area contributed by atoms with Gasteiger partial charge in [0.1, 0.15) is 17.3 Å². The van der Waals surface area contributed by atoms with Gasteiger partial charge in [-0.15, -0.1) is 0 Å². The van der Waals surface area contributed by atoms with Crippen LogP contribution in [-0.2, 0) is 6.42 Å². The lowest BCUT2D eigenvalue weighted by Gasteiger charge is -2.08. The standard InChI is InChI=1S/C29H28N2O3/c1-21-6-8-23(9-7-21)24-10-16-27(17-11-24)34-29(32)25-12-14-26(15-13-25)33-18-4-3-5-28-30-19-22(2)20-31-28/h6-17,19-20H,3-5,18H2,1-2H3. The van der Waals surface area contributed by atoms with Crippen molar-refractivity contribution in [1.29, 1.82) is 0 Å². The van der Waals surface area contributed by atoms with E-state index in [1.165, 1.54) is 5.56 Å². The van der Waals surface area contributed by atoms with Gasteiger partial charge in [-0.25, -0.2) is 14.8 Å². The molecule has 0 unspecified atom stereocenters. The Morgan fingerprint density at radius 2 is 1.29 bits per heavy atom. The lowest BCUT2D eigenvalue weighted by atomic mass is 10.0. The number of unbranched alkanes of at least 4 members (excludes halogenated alkanes) is 1. The molecular weight excluding hydrogens is 424 g/mol. The molecule has 0 fully saturated rings. The van der Waals surface area contributed by atoms with Gasteiger partial charge in [0.15, 0.2) is 0 Å². The van der Waals surface area contributed by atoms with Gasteiger partial charge >= 0.3 is 5.97 Å². The second-order valence-corrected chi connectivity index (χ2v) is 8.29. The van der Waals surface area contributed by atoms with E-state index in [0.717, 1.165) is 47.5 Å². The van der Waals surface area contributed by atoms with Crippen molar-refractivity contribution in [2.24, 2.45) is 0 Å². The van der Waals surface area contributed by atoms with Crippen molar-refractivity contribution in [3.05, 3.63) is 108 Å². The number of benzene rings is 3. The fourth-order valence-corrected chi connectivity index (χ4v) is 3.44. The summed E-state index contributed by atoms with van der Waals surface area (Å²) in [5, 5.41) is 0. The lowest BCUT2D eigenvalue weighted by molar-refractivity contribution is 0.0734. The first-order valence-corrected chi connectivity index (χ1v) is 11.5. The predicted octanol–water partition coefficient (Wildman–Crippen LogP) is 6.38. The van der Waals surface area contributed by atoms with Crippen LogP contribution in [0.5, 0.6) is 11.5 Å². The Bertz CT molecular complexity index is 1200. The number of aryl methyl sites for hydroxylation is 3. The van der Waals surface area contributed by atoms with Crippen LogP contribution in [0.3, 0.4) is 0 Å². The molecule has 0 atom stereocenters. The summed E-state index contributed by atoms with van der Waals surface area (Å²) in [5.74, 6) is 1.70. The van der Waals surface area contributed by atoms with Crippen molar-refractivity contribution >= 4 is 5.97 Å². The van der Waals surface area contributed by atoms with Gasteiger partial charge in [0, 0.05) is 18.8 Å². The molecule has 0 N–H and O–H groups in total. The molecule has 4 rings (SSSR count). The van der Waals surface area contributed by atoms with Crippen LogP contribution < -0.4 is 9.47 Å². The van der Waals surface area contributed by atoms with Crippen molar-refractivity contribution in [1.82, 2.24) is 9.97 Å². The van der Waals surface area contributed by atoms with Crippen LogP contribution in [0.25, 0.3) is 11.1 Å². The Balaban J connectivity index is 1.22. The number of carbonyl (C=O) groups is 1. The molecule has 0 saturated heterocycles. The lowest BCUT2D eigenvalue weighted by Crippen LogP contribution is -2.08. The first kappa shape index (κ1) is 23.2. The molecule has 0 saturated carbocycles. The van der Waals surface area contributed by atoms with Gasteiger partial charge < -0.3 is 9.47 Å². The molecule has 0 aliphatic heterocycles. The fourth-order valence-electron chi connectivity index (χ4n) is 3.44. The van der Waals surface area contributed by atoms with Gasteiger partial charge in [-0.3, -0.25) is 0 Å². The average molecular weight is 453 g/mol. The monoisotopic (exact) mass is 452 g/mol. The highest BCUT2D eigenvalue weighted by atomic mass is 16.5. The number of aromatic nitrogens is 2. The normalized spacial score (nSPS) is 10.6. The molecule has 0 aliphatic rings. The summed E-state index contributed by atoms with van der Waals surface area (Å²) in [4.78, 5) is 21.1. The van der Waals surface area contributed by atoms with Crippen LogP contribution in [0.1, 0.15) is 40.2 Å². The molecule has 5 nitrogen and oxygen atoms in total. The second kappa shape index (κ2) is 11.2. The molecule has 0 aliphatic carbocycles. The molecule has 172 valence electrons. The fraction of sp³-hybridized carbons (Fsp3) is 0.207. The molecular formula is C29H28N2O3. The average Bonchev–Trinajstić information content (AvgIpc) is 2.86. The highest BCUT2D eigenvalue weighted by molar-refractivity contribution is 5.91. The van der Waals surface area contributed by atoms with E-state index in [1.807, 2.05) is 43.6 Å². The second-order valence-electron chi connectivity index (χ2n) is 8.29. The Kier molecular flexibility index (Phi) is 7.66. The van der Waals surface area contributed by atoms with Gasteiger partial charge in [-0.1, -0.05) is 42.0 Å². The Morgan fingerprint density at radius 1 is 0.706 bits per heavy atom. The summed E-state index contributed by atoms with van der Waals surface area (Å²) in [7, 11) is 0.